The first-order chi connectivity index (χ1) is 16.8. The Hall–Kier alpha value is -4.43. The molecule has 9 heteroatoms. The summed E-state index contributed by atoms with van der Waals surface area (Å²) in [5, 5.41) is 14.6. The van der Waals surface area contributed by atoms with Gasteiger partial charge in [-0.25, -0.2) is 4.79 Å². The summed E-state index contributed by atoms with van der Waals surface area (Å²) in [6.45, 7) is 1.93. The summed E-state index contributed by atoms with van der Waals surface area (Å²) >= 11 is 6.25. The number of nitrogens with two attached hydrogens (primary N) is 1. The number of hydrogen-bond donors (Lipinski definition) is 3. The maximum Gasteiger partial charge on any atom is 0.323 e. The number of amides is 3. The number of aryl methyl sites for hydroxylation is 1. The highest BCUT2D eigenvalue weighted by atomic mass is 35.5. The van der Waals surface area contributed by atoms with Crippen LogP contribution in [0, 0.1) is 6.92 Å². The SMILES string of the molecule is Cc1ccccc1NC(=O)Nc1ccc(-c2nnc(/C=C/c3c(Cl)cccc3C(N)=O)n2C)cc1. The lowest BCUT2D eigenvalue weighted by Gasteiger charge is -2.10. The van der Waals surface area contributed by atoms with Gasteiger partial charge in [0.1, 0.15) is 0 Å². The van der Waals surface area contributed by atoms with Crippen molar-refractivity contribution in [3.05, 3.63) is 94.3 Å². The van der Waals surface area contributed by atoms with Crippen LogP contribution in [-0.4, -0.2) is 26.7 Å². The van der Waals surface area contributed by atoms with Crippen molar-refractivity contribution >= 4 is 47.1 Å². The highest BCUT2D eigenvalue weighted by Gasteiger charge is 2.12. The van der Waals surface area contributed by atoms with Gasteiger partial charge in [-0.3, -0.25) is 4.79 Å². The third kappa shape index (κ3) is 5.39. The van der Waals surface area contributed by atoms with E-state index in [2.05, 4.69) is 20.8 Å². The Bertz CT molecular complexity index is 1430. The minimum absolute atomic E-state index is 0.325. The molecule has 0 aliphatic heterocycles. The van der Waals surface area contributed by atoms with Crippen LogP contribution in [0.3, 0.4) is 0 Å². The number of primary amides is 1. The Morgan fingerprint density at radius 3 is 2.40 bits per heavy atom. The summed E-state index contributed by atoms with van der Waals surface area (Å²) in [7, 11) is 1.83. The summed E-state index contributed by atoms with van der Waals surface area (Å²) in [6, 6.07) is 19.5. The van der Waals surface area contributed by atoms with Crippen molar-refractivity contribution in [2.45, 2.75) is 6.92 Å². The van der Waals surface area contributed by atoms with E-state index >= 15 is 0 Å². The van der Waals surface area contributed by atoms with Crippen LogP contribution in [0.15, 0.2) is 66.7 Å². The Labute approximate surface area is 207 Å². The number of halogens is 1. The predicted molar refractivity (Wildman–Crippen MR) is 139 cm³/mol. The minimum atomic E-state index is -0.563. The summed E-state index contributed by atoms with van der Waals surface area (Å²) in [4.78, 5) is 24.0. The molecule has 4 N–H and O–H groups in total. The van der Waals surface area contributed by atoms with Crippen molar-refractivity contribution in [2.75, 3.05) is 10.6 Å². The molecule has 8 nitrogen and oxygen atoms in total. The van der Waals surface area contributed by atoms with Crippen molar-refractivity contribution < 1.29 is 9.59 Å². The quantitative estimate of drug-likeness (QED) is 0.340. The largest absolute Gasteiger partial charge is 0.366 e. The molecule has 1 heterocycles. The summed E-state index contributed by atoms with van der Waals surface area (Å²) in [5.41, 5.74) is 9.49. The van der Waals surface area contributed by atoms with Crippen LogP contribution in [0.25, 0.3) is 23.5 Å². The van der Waals surface area contributed by atoms with Gasteiger partial charge in [0.15, 0.2) is 11.6 Å². The molecular weight excluding hydrogens is 464 g/mol. The molecule has 0 aliphatic carbocycles. The lowest BCUT2D eigenvalue weighted by atomic mass is 10.1. The third-order valence-electron chi connectivity index (χ3n) is 5.42. The van der Waals surface area contributed by atoms with E-state index in [1.807, 2.05) is 54.9 Å². The molecule has 0 bridgehead atoms. The molecule has 1 aromatic heterocycles. The summed E-state index contributed by atoms with van der Waals surface area (Å²) in [5.74, 6) is 0.636. The van der Waals surface area contributed by atoms with Crippen LogP contribution in [0.1, 0.15) is 27.3 Å². The molecule has 0 saturated carbocycles. The second kappa shape index (κ2) is 10.2. The molecule has 0 atom stereocenters. The van der Waals surface area contributed by atoms with Crippen molar-refractivity contribution in [3.8, 4) is 11.4 Å². The Morgan fingerprint density at radius 2 is 1.69 bits per heavy atom. The number of urea groups is 1. The van der Waals surface area contributed by atoms with Gasteiger partial charge in [0.05, 0.1) is 0 Å². The Kier molecular flexibility index (Phi) is 6.93. The van der Waals surface area contributed by atoms with E-state index in [4.69, 9.17) is 17.3 Å². The Morgan fingerprint density at radius 1 is 0.943 bits per heavy atom. The van der Waals surface area contributed by atoms with E-state index in [9.17, 15) is 9.59 Å². The van der Waals surface area contributed by atoms with Crippen molar-refractivity contribution in [1.82, 2.24) is 14.8 Å². The second-order valence-corrected chi connectivity index (χ2v) is 8.22. The highest BCUT2D eigenvalue weighted by molar-refractivity contribution is 6.32. The minimum Gasteiger partial charge on any atom is -0.366 e. The number of benzene rings is 3. The number of rotatable bonds is 6. The molecule has 4 aromatic rings. The number of aromatic nitrogens is 3. The van der Waals surface area contributed by atoms with Crippen molar-refractivity contribution in [1.29, 1.82) is 0 Å². The molecular formula is C26H23ClN6O2. The molecule has 4 rings (SSSR count). The molecule has 3 aromatic carbocycles. The third-order valence-corrected chi connectivity index (χ3v) is 5.75. The monoisotopic (exact) mass is 486 g/mol. The number of carbonyl (C=O) groups is 2. The van der Waals surface area contributed by atoms with Gasteiger partial charge in [-0.05, 0) is 67.1 Å². The van der Waals surface area contributed by atoms with Gasteiger partial charge < -0.3 is 20.9 Å². The number of anilines is 2. The molecule has 0 aliphatic rings. The number of carbonyl (C=O) groups excluding carboxylic acids is 2. The fourth-order valence-electron chi connectivity index (χ4n) is 3.52. The smallest absolute Gasteiger partial charge is 0.323 e. The lowest BCUT2D eigenvalue weighted by molar-refractivity contribution is 0.1000. The summed E-state index contributed by atoms with van der Waals surface area (Å²) in [6.07, 6.45) is 3.41. The fourth-order valence-corrected chi connectivity index (χ4v) is 3.75. The topological polar surface area (TPSA) is 115 Å². The second-order valence-electron chi connectivity index (χ2n) is 7.81. The maximum atomic E-state index is 12.3. The lowest BCUT2D eigenvalue weighted by Crippen LogP contribution is -2.19. The van der Waals surface area contributed by atoms with Gasteiger partial charge in [-0.2, -0.15) is 0 Å². The first kappa shape index (κ1) is 23.7. The van der Waals surface area contributed by atoms with E-state index < -0.39 is 5.91 Å². The van der Waals surface area contributed by atoms with Crippen LogP contribution < -0.4 is 16.4 Å². The fraction of sp³-hybridized carbons (Fsp3) is 0.0769. The summed E-state index contributed by atoms with van der Waals surface area (Å²) < 4.78 is 1.81. The van der Waals surface area contributed by atoms with Crippen LogP contribution in [-0.2, 0) is 7.05 Å². The molecule has 0 spiro atoms. The molecule has 0 fully saturated rings. The van der Waals surface area contributed by atoms with Gasteiger partial charge in [-0.1, -0.05) is 35.9 Å². The van der Waals surface area contributed by atoms with Gasteiger partial charge in [-0.15, -0.1) is 10.2 Å². The predicted octanol–water partition coefficient (Wildman–Crippen LogP) is 5.36. The van der Waals surface area contributed by atoms with Crippen LogP contribution in [0.2, 0.25) is 5.02 Å². The van der Waals surface area contributed by atoms with Gasteiger partial charge in [0.25, 0.3) is 0 Å². The van der Waals surface area contributed by atoms with Gasteiger partial charge >= 0.3 is 6.03 Å². The van der Waals surface area contributed by atoms with E-state index in [0.717, 1.165) is 16.8 Å². The highest BCUT2D eigenvalue weighted by Crippen LogP contribution is 2.24. The average Bonchev–Trinajstić information content (AvgIpc) is 3.20. The number of nitrogens with one attached hydrogen (secondary N) is 2. The Balaban J connectivity index is 1.48. The first-order valence-electron chi connectivity index (χ1n) is 10.7. The van der Waals surface area contributed by atoms with Gasteiger partial charge in [0, 0.05) is 40.1 Å². The van der Waals surface area contributed by atoms with Crippen LogP contribution >= 0.6 is 11.6 Å². The van der Waals surface area contributed by atoms with E-state index in [0.29, 0.717) is 33.5 Å². The van der Waals surface area contributed by atoms with Crippen molar-refractivity contribution in [3.63, 3.8) is 0 Å². The number of hydrogen-bond acceptors (Lipinski definition) is 4. The van der Waals surface area contributed by atoms with E-state index in [-0.39, 0.29) is 6.03 Å². The maximum absolute atomic E-state index is 12.3. The molecule has 0 unspecified atom stereocenters. The van der Waals surface area contributed by atoms with Crippen LogP contribution in [0.4, 0.5) is 16.2 Å². The van der Waals surface area contributed by atoms with E-state index in [1.54, 1.807) is 42.5 Å². The number of para-hydroxylation sites is 1. The normalized spacial score (nSPS) is 10.9. The first-order valence-corrected chi connectivity index (χ1v) is 11.1. The zero-order valence-corrected chi connectivity index (χ0v) is 19.9. The molecule has 3 amide bonds. The number of nitrogens with zero attached hydrogens (tertiary/aromatic N) is 3. The molecule has 0 saturated heterocycles. The van der Waals surface area contributed by atoms with Gasteiger partial charge in [0.2, 0.25) is 5.91 Å². The zero-order valence-electron chi connectivity index (χ0n) is 19.1. The molecule has 35 heavy (non-hydrogen) atoms. The standard InChI is InChI=1S/C26H23ClN6O2/c1-16-6-3-4-9-22(16)30-26(35)29-18-12-10-17(11-13-18)25-32-31-23(33(25)2)15-14-19-20(24(28)34)7-5-8-21(19)27/h3-15H,1-2H3,(H2,28,34)(H2,29,30,35)/b15-14+. The molecule has 176 valence electrons. The van der Waals surface area contributed by atoms with Crippen molar-refractivity contribution in [2.24, 2.45) is 12.8 Å². The zero-order chi connectivity index (χ0) is 24.9. The van der Waals surface area contributed by atoms with E-state index in [1.165, 1.54) is 0 Å². The average molecular weight is 487 g/mol. The van der Waals surface area contributed by atoms with Crippen LogP contribution in [0.5, 0.6) is 0 Å². The molecule has 0 radical (unpaired) electrons.